The maximum Gasteiger partial charge on any atom is 0.305 e. The zero-order valence-corrected chi connectivity index (χ0v) is 9.56. The molecule has 1 aromatic rings. The molecule has 0 atom stereocenters. The number of esters is 1. The second-order valence-electron chi connectivity index (χ2n) is 3.27. The molecule has 0 aliphatic heterocycles. The maximum absolute atomic E-state index is 10.9. The summed E-state index contributed by atoms with van der Waals surface area (Å²) in [4.78, 5) is 10.9. The molecule has 0 unspecified atom stereocenters. The summed E-state index contributed by atoms with van der Waals surface area (Å²) in [5, 5.41) is 0. The normalized spacial score (nSPS) is 9.88. The minimum Gasteiger partial charge on any atom is -0.469 e. The Morgan fingerprint density at radius 3 is 2.44 bits per heavy atom. The average Bonchev–Trinajstić information content (AvgIpc) is 2.34. The molecule has 0 aliphatic rings. The lowest BCUT2D eigenvalue weighted by Gasteiger charge is -2.05. The summed E-state index contributed by atoms with van der Waals surface area (Å²) in [6.45, 7) is 0.238. The van der Waals surface area contributed by atoms with Crippen LogP contribution in [-0.4, -0.2) is 27.0 Å². The first-order valence-corrected chi connectivity index (χ1v) is 5.03. The third-order valence-electron chi connectivity index (χ3n) is 2.11. The van der Waals surface area contributed by atoms with Gasteiger partial charge in [-0.2, -0.15) is 0 Å². The van der Waals surface area contributed by atoms with Gasteiger partial charge in [-0.25, -0.2) is 0 Å². The van der Waals surface area contributed by atoms with Gasteiger partial charge in [-0.05, 0) is 24.1 Å². The van der Waals surface area contributed by atoms with Crippen molar-refractivity contribution in [1.29, 1.82) is 0 Å². The highest BCUT2D eigenvalue weighted by Gasteiger charge is 2.01. The lowest BCUT2D eigenvalue weighted by molar-refractivity contribution is -0.140. The van der Waals surface area contributed by atoms with Crippen LogP contribution in [0.3, 0.4) is 0 Å². The highest BCUT2D eigenvalue weighted by Crippen LogP contribution is 2.13. The Morgan fingerprint density at radius 1 is 1.19 bits per heavy atom. The summed E-state index contributed by atoms with van der Waals surface area (Å²) in [6, 6.07) is 7.55. The van der Waals surface area contributed by atoms with E-state index >= 15 is 0 Å². The Morgan fingerprint density at radius 2 is 1.88 bits per heavy atom. The molecular weight excluding hydrogens is 208 g/mol. The Balaban J connectivity index is 2.41. The number of carbonyl (C=O) groups is 1. The molecule has 0 spiro atoms. The molecule has 0 saturated carbocycles. The summed E-state index contributed by atoms with van der Waals surface area (Å²) >= 11 is 0. The molecule has 0 radical (unpaired) electrons. The van der Waals surface area contributed by atoms with E-state index in [0.717, 1.165) is 11.3 Å². The fraction of sp³-hybridized carbons (Fsp3) is 0.417. The second kappa shape index (κ2) is 6.85. The van der Waals surface area contributed by atoms with Crippen LogP contribution in [0.2, 0.25) is 0 Å². The molecule has 88 valence electrons. The van der Waals surface area contributed by atoms with Gasteiger partial charge in [-0.1, -0.05) is 12.1 Å². The number of rotatable bonds is 6. The van der Waals surface area contributed by atoms with Gasteiger partial charge in [0, 0.05) is 13.5 Å². The smallest absolute Gasteiger partial charge is 0.305 e. The fourth-order valence-corrected chi connectivity index (χ4v) is 1.23. The first-order valence-electron chi connectivity index (χ1n) is 5.03. The van der Waals surface area contributed by atoms with Crippen molar-refractivity contribution in [2.45, 2.75) is 12.8 Å². The van der Waals surface area contributed by atoms with E-state index in [1.165, 1.54) is 7.11 Å². The predicted octanol–water partition coefficient (Wildman–Crippen LogP) is 1.77. The number of methoxy groups -OCH3 is 2. The van der Waals surface area contributed by atoms with Crippen molar-refractivity contribution in [3.8, 4) is 5.75 Å². The molecule has 0 saturated heterocycles. The van der Waals surface area contributed by atoms with Gasteiger partial charge in [0.2, 0.25) is 0 Å². The minimum atomic E-state index is -0.195. The zero-order valence-electron chi connectivity index (χ0n) is 9.56. The van der Waals surface area contributed by atoms with Crippen molar-refractivity contribution in [2.75, 3.05) is 21.0 Å². The van der Waals surface area contributed by atoms with Crippen LogP contribution >= 0.6 is 0 Å². The lowest BCUT2D eigenvalue weighted by Crippen LogP contribution is -2.02. The highest BCUT2D eigenvalue weighted by atomic mass is 16.7. The van der Waals surface area contributed by atoms with E-state index in [4.69, 9.17) is 9.47 Å². The average molecular weight is 224 g/mol. The fourth-order valence-electron chi connectivity index (χ4n) is 1.23. The van der Waals surface area contributed by atoms with Crippen LogP contribution in [0.4, 0.5) is 0 Å². The second-order valence-corrected chi connectivity index (χ2v) is 3.27. The molecule has 0 heterocycles. The van der Waals surface area contributed by atoms with Crippen LogP contribution in [0.25, 0.3) is 0 Å². The Kier molecular flexibility index (Phi) is 5.36. The van der Waals surface area contributed by atoms with Crippen molar-refractivity contribution >= 4 is 5.97 Å². The number of ether oxygens (including phenoxy) is 3. The predicted molar refractivity (Wildman–Crippen MR) is 59.3 cm³/mol. The van der Waals surface area contributed by atoms with Crippen LogP contribution in [-0.2, 0) is 20.7 Å². The molecule has 0 aromatic heterocycles. The summed E-state index contributed by atoms with van der Waals surface area (Å²) in [5.41, 5.74) is 1.08. The van der Waals surface area contributed by atoms with E-state index in [2.05, 4.69) is 4.74 Å². The van der Waals surface area contributed by atoms with Gasteiger partial charge >= 0.3 is 5.97 Å². The first kappa shape index (κ1) is 12.5. The van der Waals surface area contributed by atoms with Gasteiger partial charge in [-0.15, -0.1) is 0 Å². The topological polar surface area (TPSA) is 44.8 Å². The van der Waals surface area contributed by atoms with Crippen molar-refractivity contribution in [1.82, 2.24) is 0 Å². The molecule has 0 aliphatic carbocycles. The molecule has 4 heteroatoms. The third kappa shape index (κ3) is 4.31. The molecule has 1 aromatic carbocycles. The van der Waals surface area contributed by atoms with E-state index in [0.29, 0.717) is 12.8 Å². The lowest BCUT2D eigenvalue weighted by atomic mass is 10.1. The summed E-state index contributed by atoms with van der Waals surface area (Å²) in [7, 11) is 2.97. The zero-order chi connectivity index (χ0) is 11.8. The van der Waals surface area contributed by atoms with Gasteiger partial charge in [0.15, 0.2) is 6.79 Å². The molecule has 0 fully saturated rings. The van der Waals surface area contributed by atoms with E-state index in [-0.39, 0.29) is 12.8 Å². The number of benzene rings is 1. The Labute approximate surface area is 95.1 Å². The quantitative estimate of drug-likeness (QED) is 0.545. The van der Waals surface area contributed by atoms with Crippen molar-refractivity contribution < 1.29 is 19.0 Å². The molecule has 16 heavy (non-hydrogen) atoms. The summed E-state index contributed by atoms with van der Waals surface area (Å²) < 4.78 is 14.6. The van der Waals surface area contributed by atoms with Crippen LogP contribution in [0.15, 0.2) is 24.3 Å². The van der Waals surface area contributed by atoms with Gasteiger partial charge < -0.3 is 14.2 Å². The first-order chi connectivity index (χ1) is 7.76. The molecular formula is C12H16O4. The number of aryl methyl sites for hydroxylation is 1. The van der Waals surface area contributed by atoms with Gasteiger partial charge in [-0.3, -0.25) is 4.79 Å². The van der Waals surface area contributed by atoms with Crippen LogP contribution in [0.1, 0.15) is 12.0 Å². The van der Waals surface area contributed by atoms with E-state index < -0.39 is 0 Å². The Hall–Kier alpha value is -1.55. The summed E-state index contributed by atoms with van der Waals surface area (Å²) in [5.74, 6) is 0.559. The summed E-state index contributed by atoms with van der Waals surface area (Å²) in [6.07, 6.45) is 1.08. The molecule has 0 bridgehead atoms. The van der Waals surface area contributed by atoms with Crippen molar-refractivity contribution in [3.63, 3.8) is 0 Å². The number of carbonyl (C=O) groups excluding carboxylic acids is 1. The largest absolute Gasteiger partial charge is 0.469 e. The molecule has 1 rings (SSSR count). The van der Waals surface area contributed by atoms with Crippen molar-refractivity contribution in [3.05, 3.63) is 29.8 Å². The highest BCUT2D eigenvalue weighted by molar-refractivity contribution is 5.69. The molecule has 4 nitrogen and oxygen atoms in total. The number of hydrogen-bond acceptors (Lipinski definition) is 4. The maximum atomic E-state index is 10.9. The van der Waals surface area contributed by atoms with Crippen LogP contribution in [0, 0.1) is 0 Å². The van der Waals surface area contributed by atoms with Gasteiger partial charge in [0.05, 0.1) is 7.11 Å². The van der Waals surface area contributed by atoms with Crippen LogP contribution in [0.5, 0.6) is 5.75 Å². The number of hydrogen-bond donors (Lipinski definition) is 0. The molecule has 0 N–H and O–H groups in total. The third-order valence-corrected chi connectivity index (χ3v) is 2.11. The van der Waals surface area contributed by atoms with Gasteiger partial charge in [0.1, 0.15) is 5.75 Å². The monoisotopic (exact) mass is 224 g/mol. The van der Waals surface area contributed by atoms with Crippen molar-refractivity contribution in [2.24, 2.45) is 0 Å². The standard InChI is InChI=1S/C12H16O4/c1-14-9-16-11-6-3-10(4-7-11)5-8-12(13)15-2/h3-4,6-7H,5,8-9H2,1-2H3. The minimum absolute atomic E-state index is 0.195. The van der Waals surface area contributed by atoms with E-state index in [1.54, 1.807) is 7.11 Å². The van der Waals surface area contributed by atoms with Gasteiger partial charge in [0.25, 0.3) is 0 Å². The SMILES string of the molecule is COCOc1ccc(CCC(=O)OC)cc1. The van der Waals surface area contributed by atoms with E-state index in [1.807, 2.05) is 24.3 Å². The Bertz CT molecular complexity index is 318. The molecule has 0 amide bonds. The van der Waals surface area contributed by atoms with E-state index in [9.17, 15) is 4.79 Å². The van der Waals surface area contributed by atoms with Crippen LogP contribution < -0.4 is 4.74 Å².